The summed E-state index contributed by atoms with van der Waals surface area (Å²) in [5.41, 5.74) is 0.955. The van der Waals surface area contributed by atoms with Gasteiger partial charge in [-0.05, 0) is 13.5 Å². The molecule has 1 saturated heterocycles. The standard InChI is InChI=1S/C18H22N8S/c1-3-25-4-6-26(7-5-25)17-8-16(22-13(2)23-17)24-18-21-11-15(27-18)14-9-19-12-20-10-14/h8-12H,3-7H2,1-2H3,(H,21,22,23,24). The van der Waals surface area contributed by atoms with E-state index in [4.69, 9.17) is 0 Å². The highest BCUT2D eigenvalue weighted by molar-refractivity contribution is 7.18. The minimum atomic E-state index is 0.751. The van der Waals surface area contributed by atoms with Gasteiger partial charge in [0, 0.05) is 56.4 Å². The molecule has 0 unspecified atom stereocenters. The molecule has 9 heteroatoms. The Hall–Kier alpha value is -2.65. The zero-order chi connectivity index (χ0) is 18.6. The minimum absolute atomic E-state index is 0.751. The molecule has 0 aliphatic carbocycles. The van der Waals surface area contributed by atoms with Gasteiger partial charge in [0.2, 0.25) is 0 Å². The van der Waals surface area contributed by atoms with Crippen LogP contribution in [0.25, 0.3) is 10.4 Å². The topological polar surface area (TPSA) is 83.0 Å². The van der Waals surface area contributed by atoms with Crippen LogP contribution in [0.4, 0.5) is 16.8 Å². The first-order valence-corrected chi connectivity index (χ1v) is 9.84. The molecule has 8 nitrogen and oxygen atoms in total. The number of hydrogen-bond donors (Lipinski definition) is 1. The third kappa shape index (κ3) is 4.20. The number of hydrogen-bond acceptors (Lipinski definition) is 9. The summed E-state index contributed by atoms with van der Waals surface area (Å²) in [5.74, 6) is 2.48. The molecule has 0 radical (unpaired) electrons. The van der Waals surface area contributed by atoms with E-state index in [0.717, 1.165) is 65.8 Å². The van der Waals surface area contributed by atoms with E-state index in [1.165, 1.54) is 6.33 Å². The van der Waals surface area contributed by atoms with Crippen molar-refractivity contribution in [3.05, 3.63) is 36.8 Å². The zero-order valence-corrected chi connectivity index (χ0v) is 16.3. The Bertz CT molecular complexity index is 889. The van der Waals surface area contributed by atoms with E-state index in [1.54, 1.807) is 23.7 Å². The van der Waals surface area contributed by atoms with Crippen LogP contribution in [0.2, 0.25) is 0 Å². The molecule has 1 aliphatic heterocycles. The van der Waals surface area contributed by atoms with Crippen LogP contribution in [0.5, 0.6) is 0 Å². The molecule has 27 heavy (non-hydrogen) atoms. The van der Waals surface area contributed by atoms with E-state index in [-0.39, 0.29) is 0 Å². The zero-order valence-electron chi connectivity index (χ0n) is 15.5. The van der Waals surface area contributed by atoms with Gasteiger partial charge in [-0.1, -0.05) is 18.3 Å². The van der Waals surface area contributed by atoms with Gasteiger partial charge < -0.3 is 15.1 Å². The predicted molar refractivity (Wildman–Crippen MR) is 108 cm³/mol. The average Bonchev–Trinajstić information content (AvgIpc) is 3.17. The Balaban J connectivity index is 1.50. The maximum atomic E-state index is 4.63. The number of rotatable bonds is 5. The number of piperazine rings is 1. The van der Waals surface area contributed by atoms with E-state index in [9.17, 15) is 0 Å². The molecule has 0 aromatic carbocycles. The minimum Gasteiger partial charge on any atom is -0.354 e. The fourth-order valence-electron chi connectivity index (χ4n) is 3.07. The maximum absolute atomic E-state index is 4.63. The first kappa shape index (κ1) is 17.7. The second kappa shape index (κ2) is 7.93. The summed E-state index contributed by atoms with van der Waals surface area (Å²) in [4.78, 5) is 27.5. The monoisotopic (exact) mass is 382 g/mol. The third-order valence-electron chi connectivity index (χ3n) is 4.55. The molecule has 4 heterocycles. The Labute approximate surface area is 162 Å². The van der Waals surface area contributed by atoms with Crippen LogP contribution >= 0.6 is 11.3 Å². The highest BCUT2D eigenvalue weighted by Gasteiger charge is 2.18. The van der Waals surface area contributed by atoms with E-state index in [1.807, 2.05) is 19.2 Å². The van der Waals surface area contributed by atoms with Crippen LogP contribution in [-0.4, -0.2) is 62.5 Å². The molecule has 0 saturated carbocycles. The molecule has 4 rings (SSSR count). The Morgan fingerprint density at radius 2 is 1.85 bits per heavy atom. The molecule has 1 fully saturated rings. The lowest BCUT2D eigenvalue weighted by Gasteiger charge is -2.34. The normalized spacial score (nSPS) is 15.1. The Morgan fingerprint density at radius 3 is 2.59 bits per heavy atom. The van der Waals surface area contributed by atoms with E-state index >= 15 is 0 Å². The molecule has 0 atom stereocenters. The van der Waals surface area contributed by atoms with Gasteiger partial charge in [0.05, 0.1) is 4.88 Å². The van der Waals surface area contributed by atoms with Gasteiger partial charge in [-0.3, -0.25) is 0 Å². The van der Waals surface area contributed by atoms with Gasteiger partial charge in [0.15, 0.2) is 5.13 Å². The van der Waals surface area contributed by atoms with Crippen molar-refractivity contribution >= 4 is 28.1 Å². The summed E-state index contributed by atoms with van der Waals surface area (Å²) in [6.07, 6.45) is 6.92. The van der Waals surface area contributed by atoms with Crippen LogP contribution in [0, 0.1) is 6.92 Å². The second-order valence-electron chi connectivity index (χ2n) is 6.36. The molecular formula is C18H22N8S. The molecular weight excluding hydrogens is 360 g/mol. The van der Waals surface area contributed by atoms with Crippen molar-refractivity contribution in [2.24, 2.45) is 0 Å². The SMILES string of the molecule is CCN1CCN(c2cc(Nc3ncc(-c4cncnc4)s3)nc(C)n2)CC1. The smallest absolute Gasteiger partial charge is 0.188 e. The van der Waals surface area contributed by atoms with Crippen LogP contribution < -0.4 is 10.2 Å². The van der Waals surface area contributed by atoms with Crippen LogP contribution in [0.1, 0.15) is 12.7 Å². The molecule has 140 valence electrons. The Morgan fingerprint density at radius 1 is 1.07 bits per heavy atom. The van der Waals surface area contributed by atoms with Crippen LogP contribution in [-0.2, 0) is 0 Å². The summed E-state index contributed by atoms with van der Waals surface area (Å²) in [6.45, 7) is 9.33. The molecule has 0 bridgehead atoms. The first-order chi connectivity index (χ1) is 13.2. The predicted octanol–water partition coefficient (Wildman–Crippen LogP) is 2.58. The van der Waals surface area contributed by atoms with Crippen molar-refractivity contribution in [3.8, 4) is 10.4 Å². The summed E-state index contributed by atoms with van der Waals surface area (Å²) >= 11 is 1.55. The van der Waals surface area contributed by atoms with E-state index in [0.29, 0.717) is 0 Å². The van der Waals surface area contributed by atoms with E-state index < -0.39 is 0 Å². The van der Waals surface area contributed by atoms with Gasteiger partial charge in [-0.25, -0.2) is 24.9 Å². The Kier molecular flexibility index (Phi) is 5.21. The highest BCUT2D eigenvalue weighted by atomic mass is 32.1. The number of nitrogens with zero attached hydrogens (tertiary/aromatic N) is 7. The van der Waals surface area contributed by atoms with Gasteiger partial charge in [-0.2, -0.15) is 0 Å². The lowest BCUT2D eigenvalue weighted by Crippen LogP contribution is -2.46. The van der Waals surface area contributed by atoms with Gasteiger partial charge in [0.1, 0.15) is 23.8 Å². The fraction of sp³-hybridized carbons (Fsp3) is 0.389. The summed E-state index contributed by atoms with van der Waals surface area (Å²) in [5, 5.41) is 4.10. The second-order valence-corrected chi connectivity index (χ2v) is 7.39. The van der Waals surface area contributed by atoms with Crippen molar-refractivity contribution in [2.75, 3.05) is 42.9 Å². The lowest BCUT2D eigenvalue weighted by molar-refractivity contribution is 0.270. The highest BCUT2D eigenvalue weighted by Crippen LogP contribution is 2.30. The summed E-state index contributed by atoms with van der Waals surface area (Å²) < 4.78 is 0. The van der Waals surface area contributed by atoms with Crippen LogP contribution in [0.3, 0.4) is 0 Å². The first-order valence-electron chi connectivity index (χ1n) is 9.02. The van der Waals surface area contributed by atoms with Crippen molar-refractivity contribution in [1.82, 2.24) is 29.8 Å². The molecule has 1 aliphatic rings. The number of likely N-dealkylation sites (N-methyl/N-ethyl adjacent to an activating group) is 1. The fourth-order valence-corrected chi connectivity index (χ4v) is 3.87. The largest absolute Gasteiger partial charge is 0.354 e. The van der Waals surface area contributed by atoms with Crippen molar-refractivity contribution in [2.45, 2.75) is 13.8 Å². The number of aromatic nitrogens is 5. The van der Waals surface area contributed by atoms with Crippen molar-refractivity contribution in [1.29, 1.82) is 0 Å². The van der Waals surface area contributed by atoms with Crippen LogP contribution in [0.15, 0.2) is 31.0 Å². The van der Waals surface area contributed by atoms with E-state index in [2.05, 4.69) is 47.0 Å². The van der Waals surface area contributed by atoms with Crippen molar-refractivity contribution in [3.63, 3.8) is 0 Å². The molecule has 1 N–H and O–H groups in total. The van der Waals surface area contributed by atoms with Gasteiger partial charge >= 0.3 is 0 Å². The summed E-state index contributed by atoms with van der Waals surface area (Å²) in [6, 6.07) is 2.00. The molecule has 0 amide bonds. The quantitative estimate of drug-likeness (QED) is 0.721. The summed E-state index contributed by atoms with van der Waals surface area (Å²) in [7, 11) is 0. The van der Waals surface area contributed by atoms with Gasteiger partial charge in [-0.15, -0.1) is 0 Å². The number of anilines is 3. The molecule has 0 spiro atoms. The molecule has 3 aromatic rings. The average molecular weight is 382 g/mol. The van der Waals surface area contributed by atoms with Crippen molar-refractivity contribution < 1.29 is 0 Å². The number of nitrogens with one attached hydrogen (secondary N) is 1. The third-order valence-corrected chi connectivity index (χ3v) is 5.52. The number of aryl methyl sites for hydroxylation is 1. The lowest BCUT2D eigenvalue weighted by atomic mass is 10.3. The maximum Gasteiger partial charge on any atom is 0.188 e. The van der Waals surface area contributed by atoms with Gasteiger partial charge in [0.25, 0.3) is 0 Å². The molecule has 3 aromatic heterocycles. The number of thiazole rings is 1.